The van der Waals surface area contributed by atoms with Crippen LogP contribution in [0, 0.1) is 0 Å². The van der Waals surface area contributed by atoms with Gasteiger partial charge in [0.1, 0.15) is 0 Å². The summed E-state index contributed by atoms with van der Waals surface area (Å²) in [4.78, 5) is 0. The standard InChI is InChI=1S/C17H29NO/c1-5-14-18-16(15-12-10-9-11-13-15)17(6-2,7-3)19-8-4/h9-13,16,18H,5-8,14H2,1-4H3. The minimum Gasteiger partial charge on any atom is -0.373 e. The van der Waals surface area contributed by atoms with Gasteiger partial charge in [-0.05, 0) is 38.3 Å². The Bertz CT molecular complexity index is 332. The molecule has 0 saturated heterocycles. The van der Waals surface area contributed by atoms with Crippen LogP contribution in [0.15, 0.2) is 30.3 Å². The van der Waals surface area contributed by atoms with Crippen LogP contribution in [-0.4, -0.2) is 18.8 Å². The van der Waals surface area contributed by atoms with Gasteiger partial charge >= 0.3 is 0 Å². The molecule has 0 heterocycles. The largest absolute Gasteiger partial charge is 0.373 e. The highest BCUT2D eigenvalue weighted by Gasteiger charge is 2.36. The maximum absolute atomic E-state index is 6.18. The van der Waals surface area contributed by atoms with Gasteiger partial charge in [0.25, 0.3) is 0 Å². The number of hydrogen-bond acceptors (Lipinski definition) is 2. The molecule has 0 spiro atoms. The molecule has 2 nitrogen and oxygen atoms in total. The number of ether oxygens (including phenoxy) is 1. The van der Waals surface area contributed by atoms with E-state index in [9.17, 15) is 0 Å². The molecular formula is C17H29NO. The zero-order valence-electron chi connectivity index (χ0n) is 12.9. The van der Waals surface area contributed by atoms with Crippen molar-refractivity contribution in [2.75, 3.05) is 13.2 Å². The summed E-state index contributed by atoms with van der Waals surface area (Å²) in [6.45, 7) is 10.5. The summed E-state index contributed by atoms with van der Waals surface area (Å²) in [5.41, 5.74) is 1.22. The molecule has 0 saturated carbocycles. The predicted octanol–water partition coefficient (Wildman–Crippen LogP) is 4.32. The van der Waals surface area contributed by atoms with Crippen molar-refractivity contribution in [2.24, 2.45) is 0 Å². The van der Waals surface area contributed by atoms with E-state index in [-0.39, 0.29) is 11.6 Å². The minimum absolute atomic E-state index is 0.106. The highest BCUT2D eigenvalue weighted by molar-refractivity contribution is 5.22. The fourth-order valence-corrected chi connectivity index (χ4v) is 2.77. The maximum Gasteiger partial charge on any atom is 0.0870 e. The molecule has 0 amide bonds. The van der Waals surface area contributed by atoms with Crippen LogP contribution < -0.4 is 5.32 Å². The summed E-state index contributed by atoms with van der Waals surface area (Å²) in [6, 6.07) is 11.0. The molecule has 1 aromatic rings. The lowest BCUT2D eigenvalue weighted by Gasteiger charge is -2.40. The van der Waals surface area contributed by atoms with Crippen molar-refractivity contribution in [3.05, 3.63) is 35.9 Å². The van der Waals surface area contributed by atoms with Crippen molar-refractivity contribution in [1.29, 1.82) is 0 Å². The first-order valence-corrected chi connectivity index (χ1v) is 7.66. The highest BCUT2D eigenvalue weighted by atomic mass is 16.5. The van der Waals surface area contributed by atoms with Gasteiger partial charge in [-0.2, -0.15) is 0 Å². The summed E-state index contributed by atoms with van der Waals surface area (Å²) in [6.07, 6.45) is 3.18. The van der Waals surface area contributed by atoms with Crippen LogP contribution in [0.25, 0.3) is 0 Å². The molecule has 1 aromatic carbocycles. The second-order valence-electron chi connectivity index (χ2n) is 5.00. The highest BCUT2D eigenvalue weighted by Crippen LogP contribution is 2.35. The van der Waals surface area contributed by atoms with E-state index in [2.05, 4.69) is 63.3 Å². The lowest BCUT2D eigenvalue weighted by atomic mass is 9.83. The van der Waals surface area contributed by atoms with E-state index in [0.29, 0.717) is 0 Å². The number of nitrogens with one attached hydrogen (secondary N) is 1. The molecule has 0 aliphatic rings. The Kier molecular flexibility index (Phi) is 7.11. The van der Waals surface area contributed by atoms with Gasteiger partial charge in [0, 0.05) is 6.61 Å². The van der Waals surface area contributed by atoms with Crippen LogP contribution in [0.4, 0.5) is 0 Å². The van der Waals surface area contributed by atoms with Crippen molar-refractivity contribution < 1.29 is 4.74 Å². The topological polar surface area (TPSA) is 21.3 Å². The molecule has 0 radical (unpaired) electrons. The summed E-state index contributed by atoms with van der Waals surface area (Å²) < 4.78 is 6.18. The lowest BCUT2D eigenvalue weighted by molar-refractivity contribution is -0.0732. The molecule has 0 aromatic heterocycles. The second-order valence-corrected chi connectivity index (χ2v) is 5.00. The molecule has 19 heavy (non-hydrogen) atoms. The fourth-order valence-electron chi connectivity index (χ4n) is 2.77. The zero-order valence-corrected chi connectivity index (χ0v) is 12.9. The summed E-state index contributed by atoms with van der Waals surface area (Å²) >= 11 is 0. The quantitative estimate of drug-likeness (QED) is 0.716. The van der Waals surface area contributed by atoms with Crippen LogP contribution in [0.5, 0.6) is 0 Å². The van der Waals surface area contributed by atoms with Crippen LogP contribution in [0.2, 0.25) is 0 Å². The minimum atomic E-state index is -0.106. The van der Waals surface area contributed by atoms with Crippen LogP contribution in [0.1, 0.15) is 58.6 Å². The maximum atomic E-state index is 6.18. The van der Waals surface area contributed by atoms with Gasteiger partial charge in [0.2, 0.25) is 0 Å². The van der Waals surface area contributed by atoms with Crippen molar-refractivity contribution in [3.63, 3.8) is 0 Å². The number of rotatable bonds is 9. The molecule has 1 unspecified atom stereocenters. The molecule has 1 atom stereocenters. The third kappa shape index (κ3) is 4.05. The summed E-state index contributed by atoms with van der Waals surface area (Å²) in [5.74, 6) is 0. The third-order valence-corrected chi connectivity index (χ3v) is 3.89. The average Bonchev–Trinajstić information content (AvgIpc) is 2.47. The Balaban J connectivity index is 3.05. The van der Waals surface area contributed by atoms with E-state index in [1.807, 2.05) is 0 Å². The first kappa shape index (κ1) is 16.2. The van der Waals surface area contributed by atoms with Crippen molar-refractivity contribution >= 4 is 0 Å². The predicted molar refractivity (Wildman–Crippen MR) is 82.4 cm³/mol. The molecule has 0 bridgehead atoms. The van der Waals surface area contributed by atoms with Gasteiger partial charge in [-0.1, -0.05) is 51.1 Å². The van der Waals surface area contributed by atoms with E-state index in [1.54, 1.807) is 0 Å². The monoisotopic (exact) mass is 263 g/mol. The third-order valence-electron chi connectivity index (χ3n) is 3.89. The zero-order chi connectivity index (χ0) is 14.1. The Hall–Kier alpha value is -0.860. The van der Waals surface area contributed by atoms with Crippen molar-refractivity contribution in [2.45, 2.75) is 58.6 Å². The van der Waals surface area contributed by atoms with Gasteiger partial charge in [-0.3, -0.25) is 0 Å². The second kappa shape index (κ2) is 8.34. The van der Waals surface area contributed by atoms with E-state index in [1.165, 1.54) is 5.56 Å². The van der Waals surface area contributed by atoms with Crippen molar-refractivity contribution in [3.8, 4) is 0 Å². The Morgan fingerprint density at radius 1 is 1.05 bits per heavy atom. The van der Waals surface area contributed by atoms with E-state index in [4.69, 9.17) is 4.74 Å². The molecule has 0 aliphatic heterocycles. The molecule has 2 heteroatoms. The fraction of sp³-hybridized carbons (Fsp3) is 0.647. The molecular weight excluding hydrogens is 234 g/mol. The Labute approximate surface area is 118 Å². The molecule has 0 fully saturated rings. The number of hydrogen-bond donors (Lipinski definition) is 1. The summed E-state index contributed by atoms with van der Waals surface area (Å²) in [7, 11) is 0. The van der Waals surface area contributed by atoms with Gasteiger partial charge in [-0.15, -0.1) is 0 Å². The first-order chi connectivity index (χ1) is 9.24. The Morgan fingerprint density at radius 3 is 2.16 bits per heavy atom. The number of benzene rings is 1. The normalized spacial score (nSPS) is 13.5. The molecule has 1 N–H and O–H groups in total. The van der Waals surface area contributed by atoms with Crippen LogP contribution in [-0.2, 0) is 4.74 Å². The van der Waals surface area contributed by atoms with Gasteiger partial charge in [-0.25, -0.2) is 0 Å². The first-order valence-electron chi connectivity index (χ1n) is 7.66. The van der Waals surface area contributed by atoms with Gasteiger partial charge < -0.3 is 10.1 Å². The Morgan fingerprint density at radius 2 is 1.68 bits per heavy atom. The van der Waals surface area contributed by atoms with Crippen molar-refractivity contribution in [1.82, 2.24) is 5.32 Å². The smallest absolute Gasteiger partial charge is 0.0870 e. The molecule has 108 valence electrons. The average molecular weight is 263 g/mol. The van der Waals surface area contributed by atoms with E-state index >= 15 is 0 Å². The van der Waals surface area contributed by atoms with E-state index in [0.717, 1.165) is 32.4 Å². The lowest BCUT2D eigenvalue weighted by Crippen LogP contribution is -2.45. The summed E-state index contributed by atoms with van der Waals surface area (Å²) in [5, 5.41) is 3.69. The molecule has 1 rings (SSSR count). The van der Waals surface area contributed by atoms with E-state index < -0.39 is 0 Å². The van der Waals surface area contributed by atoms with Gasteiger partial charge in [0.15, 0.2) is 0 Å². The van der Waals surface area contributed by atoms with Crippen LogP contribution >= 0.6 is 0 Å². The SMILES string of the molecule is CCCNC(c1ccccc1)C(CC)(CC)OCC. The molecule has 0 aliphatic carbocycles. The van der Waals surface area contributed by atoms with Gasteiger partial charge in [0.05, 0.1) is 11.6 Å². The van der Waals surface area contributed by atoms with Crippen LogP contribution in [0.3, 0.4) is 0 Å².